The predicted molar refractivity (Wildman–Crippen MR) is 64.4 cm³/mol. The zero-order valence-corrected chi connectivity index (χ0v) is 10.9. The standard InChI is InChI=1S/C9H13N5O3S/c1-5-4-7(17-12-5)13-18(15,16)8-6(2)14(3)11-9(8)10/h4,13H,1-3H3,(H2,10,11). The van der Waals surface area contributed by atoms with Gasteiger partial charge in [0.2, 0.25) is 5.88 Å². The summed E-state index contributed by atoms with van der Waals surface area (Å²) in [7, 11) is -2.22. The molecule has 8 nitrogen and oxygen atoms in total. The van der Waals surface area contributed by atoms with E-state index in [4.69, 9.17) is 10.3 Å². The van der Waals surface area contributed by atoms with Gasteiger partial charge in [-0.2, -0.15) is 5.10 Å². The predicted octanol–water partition coefficient (Wildman–Crippen LogP) is 0.408. The first kappa shape index (κ1) is 12.4. The zero-order chi connectivity index (χ0) is 13.5. The molecule has 18 heavy (non-hydrogen) atoms. The van der Waals surface area contributed by atoms with Crippen LogP contribution in [0.2, 0.25) is 0 Å². The molecule has 0 spiro atoms. The highest BCUT2D eigenvalue weighted by Crippen LogP contribution is 2.24. The quantitative estimate of drug-likeness (QED) is 0.835. The molecule has 0 saturated heterocycles. The first-order valence-corrected chi connectivity index (χ1v) is 6.55. The van der Waals surface area contributed by atoms with Crippen molar-refractivity contribution in [2.24, 2.45) is 7.05 Å². The summed E-state index contributed by atoms with van der Waals surface area (Å²) in [6.07, 6.45) is 0. The lowest BCUT2D eigenvalue weighted by Gasteiger charge is -2.04. The number of anilines is 2. The van der Waals surface area contributed by atoms with Gasteiger partial charge in [-0.25, -0.2) is 13.1 Å². The summed E-state index contributed by atoms with van der Waals surface area (Å²) in [4.78, 5) is -0.0564. The summed E-state index contributed by atoms with van der Waals surface area (Å²) < 4.78 is 32.7. The van der Waals surface area contributed by atoms with Crippen molar-refractivity contribution in [3.05, 3.63) is 17.5 Å². The van der Waals surface area contributed by atoms with Crippen LogP contribution in [0.15, 0.2) is 15.5 Å². The van der Waals surface area contributed by atoms with Crippen LogP contribution in [0.3, 0.4) is 0 Å². The third kappa shape index (κ3) is 2.04. The number of rotatable bonds is 3. The number of nitrogens with zero attached hydrogens (tertiary/aromatic N) is 3. The molecule has 0 radical (unpaired) electrons. The smallest absolute Gasteiger partial charge is 0.269 e. The van der Waals surface area contributed by atoms with E-state index in [1.54, 1.807) is 20.9 Å². The Kier molecular flexibility index (Phi) is 2.77. The third-order valence-corrected chi connectivity index (χ3v) is 3.95. The lowest BCUT2D eigenvalue weighted by molar-refractivity contribution is 0.430. The van der Waals surface area contributed by atoms with Crippen LogP contribution < -0.4 is 10.5 Å². The Balaban J connectivity index is 2.43. The van der Waals surface area contributed by atoms with Crippen LogP contribution in [-0.4, -0.2) is 23.4 Å². The molecule has 3 N–H and O–H groups in total. The van der Waals surface area contributed by atoms with Crippen LogP contribution in [0, 0.1) is 13.8 Å². The molecule has 2 aromatic rings. The van der Waals surface area contributed by atoms with Gasteiger partial charge in [-0.05, 0) is 13.8 Å². The van der Waals surface area contributed by atoms with Crippen molar-refractivity contribution in [1.29, 1.82) is 0 Å². The Labute approximate surface area is 104 Å². The molecule has 0 saturated carbocycles. The molecule has 2 heterocycles. The SMILES string of the molecule is Cc1cc(NS(=O)(=O)c2c(N)nn(C)c2C)on1. The number of nitrogen functional groups attached to an aromatic ring is 1. The minimum absolute atomic E-state index is 0.0372. The van der Waals surface area contributed by atoms with E-state index < -0.39 is 10.0 Å². The largest absolute Gasteiger partial charge is 0.381 e. The van der Waals surface area contributed by atoms with E-state index in [2.05, 4.69) is 15.0 Å². The number of nitrogens with one attached hydrogen (secondary N) is 1. The summed E-state index contributed by atoms with van der Waals surface area (Å²) in [6.45, 7) is 3.30. The average molecular weight is 271 g/mol. The molecular weight excluding hydrogens is 258 g/mol. The van der Waals surface area contributed by atoms with Crippen LogP contribution in [0.25, 0.3) is 0 Å². The normalized spacial score (nSPS) is 11.7. The molecule has 0 fully saturated rings. The van der Waals surface area contributed by atoms with E-state index in [-0.39, 0.29) is 16.6 Å². The molecule has 0 aliphatic carbocycles. The number of hydrogen-bond acceptors (Lipinski definition) is 6. The Morgan fingerprint density at radius 1 is 1.44 bits per heavy atom. The van der Waals surface area contributed by atoms with Crippen molar-refractivity contribution >= 4 is 21.7 Å². The fraction of sp³-hybridized carbons (Fsp3) is 0.333. The van der Waals surface area contributed by atoms with Crippen molar-refractivity contribution in [3.8, 4) is 0 Å². The molecule has 0 aliphatic rings. The van der Waals surface area contributed by atoms with E-state index in [9.17, 15) is 8.42 Å². The summed E-state index contributed by atoms with van der Waals surface area (Å²) >= 11 is 0. The fourth-order valence-electron chi connectivity index (χ4n) is 1.54. The third-order valence-electron chi connectivity index (χ3n) is 2.44. The molecule has 9 heteroatoms. The average Bonchev–Trinajstić information content (AvgIpc) is 2.72. The maximum absolute atomic E-state index is 12.1. The fourth-order valence-corrected chi connectivity index (χ4v) is 2.84. The topological polar surface area (TPSA) is 116 Å². The Morgan fingerprint density at radius 2 is 2.11 bits per heavy atom. The first-order valence-electron chi connectivity index (χ1n) is 5.06. The number of aryl methyl sites for hydroxylation is 2. The monoisotopic (exact) mass is 271 g/mol. The van der Waals surface area contributed by atoms with E-state index >= 15 is 0 Å². The second-order valence-electron chi connectivity index (χ2n) is 3.86. The van der Waals surface area contributed by atoms with Crippen LogP contribution in [0.5, 0.6) is 0 Å². The van der Waals surface area contributed by atoms with Gasteiger partial charge in [-0.15, -0.1) is 0 Å². The van der Waals surface area contributed by atoms with Gasteiger partial charge >= 0.3 is 0 Å². The lowest BCUT2D eigenvalue weighted by Crippen LogP contribution is -2.14. The van der Waals surface area contributed by atoms with Crippen LogP contribution in [0.4, 0.5) is 11.7 Å². The Hall–Kier alpha value is -2.03. The molecule has 0 aliphatic heterocycles. The van der Waals surface area contributed by atoms with Crippen molar-refractivity contribution in [2.75, 3.05) is 10.5 Å². The van der Waals surface area contributed by atoms with Gasteiger partial charge in [-0.3, -0.25) is 4.68 Å². The van der Waals surface area contributed by atoms with E-state index in [1.165, 1.54) is 10.7 Å². The maximum Gasteiger partial charge on any atom is 0.269 e. The van der Waals surface area contributed by atoms with Crippen molar-refractivity contribution in [2.45, 2.75) is 18.7 Å². The van der Waals surface area contributed by atoms with Gasteiger partial charge in [0, 0.05) is 13.1 Å². The van der Waals surface area contributed by atoms with Gasteiger partial charge in [0.1, 0.15) is 0 Å². The molecule has 2 aromatic heterocycles. The van der Waals surface area contributed by atoms with Crippen molar-refractivity contribution in [1.82, 2.24) is 14.9 Å². The van der Waals surface area contributed by atoms with E-state index in [0.717, 1.165) is 0 Å². The number of sulfonamides is 1. The second-order valence-corrected chi connectivity index (χ2v) is 5.48. The molecule has 0 atom stereocenters. The first-order chi connectivity index (χ1) is 8.31. The van der Waals surface area contributed by atoms with Gasteiger partial charge in [0.15, 0.2) is 10.7 Å². The van der Waals surface area contributed by atoms with Gasteiger partial charge in [0.25, 0.3) is 10.0 Å². The van der Waals surface area contributed by atoms with Gasteiger partial charge in [0.05, 0.1) is 11.4 Å². The Morgan fingerprint density at radius 3 is 2.56 bits per heavy atom. The summed E-state index contributed by atoms with van der Waals surface area (Å²) in [5.74, 6) is -0.0195. The minimum atomic E-state index is -3.83. The van der Waals surface area contributed by atoms with E-state index in [0.29, 0.717) is 11.4 Å². The van der Waals surface area contributed by atoms with Gasteiger partial charge in [-0.1, -0.05) is 5.16 Å². The number of aromatic nitrogens is 3. The minimum Gasteiger partial charge on any atom is -0.381 e. The van der Waals surface area contributed by atoms with Gasteiger partial charge < -0.3 is 10.3 Å². The lowest BCUT2D eigenvalue weighted by atomic mass is 10.5. The summed E-state index contributed by atoms with van der Waals surface area (Å²) in [6, 6.07) is 1.47. The highest BCUT2D eigenvalue weighted by molar-refractivity contribution is 7.93. The molecule has 98 valence electrons. The van der Waals surface area contributed by atoms with Crippen molar-refractivity contribution in [3.63, 3.8) is 0 Å². The number of nitrogens with two attached hydrogens (primary N) is 1. The summed E-state index contributed by atoms with van der Waals surface area (Å²) in [5, 5.41) is 7.44. The number of hydrogen-bond donors (Lipinski definition) is 2. The van der Waals surface area contributed by atoms with Crippen LogP contribution >= 0.6 is 0 Å². The summed E-state index contributed by atoms with van der Waals surface area (Å²) in [5.41, 5.74) is 6.60. The molecule has 0 bridgehead atoms. The molecule has 0 unspecified atom stereocenters. The van der Waals surface area contributed by atoms with Crippen molar-refractivity contribution < 1.29 is 12.9 Å². The molecular formula is C9H13N5O3S. The Bertz CT molecular complexity index is 685. The van der Waals surface area contributed by atoms with Crippen LogP contribution in [-0.2, 0) is 17.1 Å². The highest BCUT2D eigenvalue weighted by atomic mass is 32.2. The molecule has 0 aromatic carbocycles. The maximum atomic E-state index is 12.1. The zero-order valence-electron chi connectivity index (χ0n) is 10.1. The van der Waals surface area contributed by atoms with E-state index in [1.807, 2.05) is 0 Å². The van der Waals surface area contributed by atoms with Crippen LogP contribution in [0.1, 0.15) is 11.4 Å². The second kappa shape index (κ2) is 4.02. The molecule has 0 amide bonds. The molecule has 2 rings (SSSR count). The highest BCUT2D eigenvalue weighted by Gasteiger charge is 2.25.